The summed E-state index contributed by atoms with van der Waals surface area (Å²) in [7, 11) is 0. The van der Waals surface area contributed by atoms with Gasteiger partial charge in [-0.3, -0.25) is 0 Å². The molecule has 0 unspecified atom stereocenters. The lowest BCUT2D eigenvalue weighted by molar-refractivity contribution is 0.0813. The average molecular weight is 189 g/mol. The van der Waals surface area contributed by atoms with Gasteiger partial charge in [-0.15, -0.1) is 0 Å². The van der Waals surface area contributed by atoms with Crippen molar-refractivity contribution in [2.45, 2.75) is 6.42 Å². The van der Waals surface area contributed by atoms with E-state index in [4.69, 9.17) is 14.6 Å². The smallest absolute Gasteiger partial charge is 0.409 e. The van der Waals surface area contributed by atoms with Crippen LogP contribution < -0.4 is 0 Å². The fourth-order valence-electron chi connectivity index (χ4n) is 1.15. The van der Waals surface area contributed by atoms with Crippen molar-refractivity contribution in [3.05, 3.63) is 0 Å². The van der Waals surface area contributed by atoms with E-state index in [1.165, 1.54) is 0 Å². The number of nitrogens with zero attached hydrogens (tertiary/aromatic N) is 1. The molecule has 1 heterocycles. The van der Waals surface area contributed by atoms with Crippen LogP contribution >= 0.6 is 0 Å². The van der Waals surface area contributed by atoms with Crippen molar-refractivity contribution in [2.24, 2.45) is 0 Å². The van der Waals surface area contributed by atoms with Crippen LogP contribution in [-0.2, 0) is 9.47 Å². The Bertz CT molecular complexity index is 154. The highest BCUT2D eigenvalue weighted by Crippen LogP contribution is 2.01. The molecule has 0 aromatic heterocycles. The van der Waals surface area contributed by atoms with Crippen molar-refractivity contribution in [1.29, 1.82) is 0 Å². The molecule has 0 saturated carbocycles. The second kappa shape index (κ2) is 5.77. The summed E-state index contributed by atoms with van der Waals surface area (Å²) in [6, 6.07) is 0. The number of rotatable bonds is 2. The number of aliphatic hydroxyl groups is 1. The Morgan fingerprint density at radius 2 is 2.31 bits per heavy atom. The largest absolute Gasteiger partial charge is 0.447 e. The molecular formula is C8H15NO4. The third kappa shape index (κ3) is 3.61. The summed E-state index contributed by atoms with van der Waals surface area (Å²) < 4.78 is 9.95. The summed E-state index contributed by atoms with van der Waals surface area (Å²) in [5.41, 5.74) is 0. The van der Waals surface area contributed by atoms with Gasteiger partial charge in [0.1, 0.15) is 6.61 Å². The van der Waals surface area contributed by atoms with Gasteiger partial charge < -0.3 is 19.5 Å². The second-order valence-electron chi connectivity index (χ2n) is 2.79. The van der Waals surface area contributed by atoms with E-state index >= 15 is 0 Å². The van der Waals surface area contributed by atoms with Crippen LogP contribution in [-0.4, -0.2) is 55.6 Å². The molecule has 1 amide bonds. The van der Waals surface area contributed by atoms with Gasteiger partial charge >= 0.3 is 6.09 Å². The molecule has 1 aliphatic rings. The maximum atomic E-state index is 11.2. The Kier molecular flexibility index (Phi) is 4.56. The SMILES string of the molecule is O=C(OCCO)N1CCCOCC1. The molecule has 0 spiro atoms. The summed E-state index contributed by atoms with van der Waals surface area (Å²) in [6.07, 6.45) is 0.480. The highest BCUT2D eigenvalue weighted by atomic mass is 16.6. The number of aliphatic hydroxyl groups excluding tert-OH is 1. The third-order valence-electron chi connectivity index (χ3n) is 1.80. The second-order valence-corrected chi connectivity index (χ2v) is 2.79. The normalized spacial score (nSPS) is 18.1. The minimum atomic E-state index is -0.362. The zero-order valence-corrected chi connectivity index (χ0v) is 7.57. The first-order chi connectivity index (χ1) is 6.34. The van der Waals surface area contributed by atoms with E-state index < -0.39 is 0 Å². The molecule has 0 aliphatic carbocycles. The minimum Gasteiger partial charge on any atom is -0.447 e. The van der Waals surface area contributed by atoms with Crippen LogP contribution in [0.2, 0.25) is 0 Å². The molecule has 0 aromatic rings. The lowest BCUT2D eigenvalue weighted by atomic mass is 10.4. The van der Waals surface area contributed by atoms with Gasteiger partial charge in [-0.2, -0.15) is 0 Å². The van der Waals surface area contributed by atoms with Crippen molar-refractivity contribution < 1.29 is 19.4 Å². The van der Waals surface area contributed by atoms with Crippen LogP contribution in [0, 0.1) is 0 Å². The molecule has 1 saturated heterocycles. The first-order valence-corrected chi connectivity index (χ1v) is 4.45. The highest BCUT2D eigenvalue weighted by Gasteiger charge is 2.16. The van der Waals surface area contributed by atoms with Crippen molar-refractivity contribution in [3.8, 4) is 0 Å². The standard InChI is InChI=1S/C8H15NO4/c10-4-7-13-8(11)9-2-1-5-12-6-3-9/h10H,1-7H2. The van der Waals surface area contributed by atoms with Crippen molar-refractivity contribution in [1.82, 2.24) is 4.90 Å². The zero-order chi connectivity index (χ0) is 9.52. The van der Waals surface area contributed by atoms with Gasteiger partial charge in [0.2, 0.25) is 0 Å². The van der Waals surface area contributed by atoms with Gasteiger partial charge in [-0.1, -0.05) is 0 Å². The van der Waals surface area contributed by atoms with Crippen molar-refractivity contribution >= 4 is 6.09 Å². The third-order valence-corrected chi connectivity index (χ3v) is 1.80. The van der Waals surface area contributed by atoms with Crippen molar-refractivity contribution in [3.63, 3.8) is 0 Å². The highest BCUT2D eigenvalue weighted by molar-refractivity contribution is 5.67. The average Bonchev–Trinajstić information content (AvgIpc) is 2.42. The molecule has 0 aromatic carbocycles. The lowest BCUT2D eigenvalue weighted by Crippen LogP contribution is -2.34. The molecule has 5 heteroatoms. The van der Waals surface area contributed by atoms with Crippen LogP contribution in [0.1, 0.15) is 6.42 Å². The summed E-state index contributed by atoms with van der Waals surface area (Å²) in [5.74, 6) is 0. The fourth-order valence-corrected chi connectivity index (χ4v) is 1.15. The Labute approximate surface area is 77.2 Å². The Morgan fingerprint density at radius 1 is 1.46 bits per heavy atom. The molecule has 0 bridgehead atoms. The molecule has 1 N–H and O–H groups in total. The molecule has 13 heavy (non-hydrogen) atoms. The molecule has 5 nitrogen and oxygen atoms in total. The first kappa shape index (κ1) is 10.3. The molecule has 1 aliphatic heterocycles. The van der Waals surface area contributed by atoms with E-state index in [1.54, 1.807) is 4.90 Å². The summed E-state index contributed by atoms with van der Waals surface area (Å²) in [5, 5.41) is 8.45. The van der Waals surface area contributed by atoms with Crippen LogP contribution in [0.25, 0.3) is 0 Å². The van der Waals surface area contributed by atoms with E-state index in [0.717, 1.165) is 6.42 Å². The van der Waals surface area contributed by atoms with Crippen LogP contribution in [0.4, 0.5) is 4.79 Å². The minimum absolute atomic E-state index is 0.0657. The number of carbonyl (C=O) groups excluding carboxylic acids is 1. The molecule has 0 atom stereocenters. The number of hydrogen-bond acceptors (Lipinski definition) is 4. The quantitative estimate of drug-likeness (QED) is 0.655. The predicted molar refractivity (Wildman–Crippen MR) is 45.4 cm³/mol. The number of carbonyl (C=O) groups is 1. The van der Waals surface area contributed by atoms with E-state index in [0.29, 0.717) is 26.3 Å². The maximum absolute atomic E-state index is 11.2. The Morgan fingerprint density at radius 3 is 3.08 bits per heavy atom. The molecule has 0 radical (unpaired) electrons. The zero-order valence-electron chi connectivity index (χ0n) is 7.57. The van der Waals surface area contributed by atoms with E-state index in [1.807, 2.05) is 0 Å². The van der Waals surface area contributed by atoms with Crippen LogP contribution in [0.5, 0.6) is 0 Å². The Hall–Kier alpha value is -0.810. The molecular weight excluding hydrogens is 174 g/mol. The summed E-state index contributed by atoms with van der Waals surface area (Å²) >= 11 is 0. The summed E-state index contributed by atoms with van der Waals surface area (Å²) in [4.78, 5) is 12.8. The van der Waals surface area contributed by atoms with Gasteiger partial charge in [-0.05, 0) is 6.42 Å². The van der Waals surface area contributed by atoms with Crippen LogP contribution in [0.15, 0.2) is 0 Å². The van der Waals surface area contributed by atoms with E-state index in [2.05, 4.69) is 0 Å². The van der Waals surface area contributed by atoms with Gasteiger partial charge in [0.25, 0.3) is 0 Å². The molecule has 76 valence electrons. The topological polar surface area (TPSA) is 59.0 Å². The lowest BCUT2D eigenvalue weighted by Gasteiger charge is -2.18. The molecule has 1 rings (SSSR count). The van der Waals surface area contributed by atoms with E-state index in [-0.39, 0.29) is 19.3 Å². The number of ether oxygens (including phenoxy) is 2. The maximum Gasteiger partial charge on any atom is 0.409 e. The Balaban J connectivity index is 2.26. The fraction of sp³-hybridized carbons (Fsp3) is 0.875. The number of hydrogen-bond donors (Lipinski definition) is 1. The summed E-state index contributed by atoms with van der Waals surface area (Å²) in [6.45, 7) is 2.44. The first-order valence-electron chi connectivity index (χ1n) is 4.45. The van der Waals surface area contributed by atoms with Crippen LogP contribution in [0.3, 0.4) is 0 Å². The predicted octanol–water partition coefficient (Wildman–Crippen LogP) is -0.162. The van der Waals surface area contributed by atoms with E-state index in [9.17, 15) is 4.79 Å². The van der Waals surface area contributed by atoms with Gasteiger partial charge in [0, 0.05) is 19.7 Å². The number of amides is 1. The van der Waals surface area contributed by atoms with Crippen molar-refractivity contribution in [2.75, 3.05) is 39.5 Å². The van der Waals surface area contributed by atoms with Gasteiger partial charge in [0.05, 0.1) is 13.2 Å². The monoisotopic (exact) mass is 189 g/mol. The molecule has 1 fully saturated rings. The van der Waals surface area contributed by atoms with Gasteiger partial charge in [-0.25, -0.2) is 4.79 Å². The van der Waals surface area contributed by atoms with Gasteiger partial charge in [0.15, 0.2) is 0 Å².